The second-order valence-corrected chi connectivity index (χ2v) is 8.86. The Hall–Kier alpha value is -1.43. The van der Waals surface area contributed by atoms with E-state index in [0.717, 1.165) is 22.3 Å². The quantitative estimate of drug-likeness (QED) is 0.567. The molecule has 0 saturated carbocycles. The molecule has 1 N–H and O–H groups in total. The van der Waals surface area contributed by atoms with Crippen LogP contribution in [0.1, 0.15) is 49.9 Å². The number of carboxylic acid groups (broad SMARTS) is 1. The fourth-order valence-electron chi connectivity index (χ4n) is 4.04. The summed E-state index contributed by atoms with van der Waals surface area (Å²) in [7, 11) is 0. The molecule has 4 heteroatoms. The number of benzene rings is 1. The summed E-state index contributed by atoms with van der Waals surface area (Å²) >= 11 is 11.8. The Bertz CT molecular complexity index is 727. The minimum absolute atomic E-state index is 0.0825. The van der Waals surface area contributed by atoms with E-state index < -0.39 is 16.8 Å². The molecule has 0 radical (unpaired) electrons. The summed E-state index contributed by atoms with van der Waals surface area (Å²) in [5.41, 5.74) is 2.40. The SMILES string of the molecule is C#CCc1cc(C)c(CC(C(=O)O)(C(C)C)C(C)(C)C=C(Cl)Cl)c(C)c1. The molecular weight excluding hydrogens is 367 g/mol. The molecule has 0 aliphatic carbocycles. The first-order chi connectivity index (χ1) is 11.9. The van der Waals surface area contributed by atoms with Gasteiger partial charge in [0.25, 0.3) is 0 Å². The van der Waals surface area contributed by atoms with Crippen molar-refractivity contribution in [1.29, 1.82) is 0 Å². The predicted octanol–water partition coefficient (Wildman–Crippen LogP) is 6.09. The maximum absolute atomic E-state index is 12.5. The molecule has 0 aliphatic heterocycles. The summed E-state index contributed by atoms with van der Waals surface area (Å²) in [4.78, 5) is 12.5. The summed E-state index contributed by atoms with van der Waals surface area (Å²) in [6.45, 7) is 11.6. The van der Waals surface area contributed by atoms with Crippen LogP contribution in [0.5, 0.6) is 0 Å². The monoisotopic (exact) mass is 394 g/mol. The molecule has 1 rings (SSSR count). The van der Waals surface area contributed by atoms with Gasteiger partial charge in [-0.2, -0.15) is 0 Å². The number of carboxylic acids is 1. The molecule has 1 aromatic carbocycles. The maximum Gasteiger partial charge on any atom is 0.311 e. The van der Waals surface area contributed by atoms with Gasteiger partial charge in [-0.05, 0) is 54.5 Å². The third kappa shape index (κ3) is 4.45. The Morgan fingerprint density at radius 1 is 1.27 bits per heavy atom. The molecule has 0 bridgehead atoms. The van der Waals surface area contributed by atoms with E-state index in [0.29, 0.717) is 12.8 Å². The van der Waals surface area contributed by atoms with E-state index in [1.54, 1.807) is 6.08 Å². The lowest BCUT2D eigenvalue weighted by atomic mass is 9.56. The van der Waals surface area contributed by atoms with Crippen molar-refractivity contribution in [2.45, 2.75) is 54.4 Å². The molecule has 2 nitrogen and oxygen atoms in total. The zero-order valence-corrected chi connectivity index (χ0v) is 17.9. The molecule has 1 unspecified atom stereocenters. The van der Waals surface area contributed by atoms with E-state index in [2.05, 4.69) is 5.92 Å². The van der Waals surface area contributed by atoms with Gasteiger partial charge >= 0.3 is 5.97 Å². The molecular formula is C22H28Cl2O2. The average Bonchev–Trinajstić information content (AvgIpc) is 2.44. The van der Waals surface area contributed by atoms with Crippen LogP contribution in [-0.4, -0.2) is 11.1 Å². The molecule has 0 amide bonds. The third-order valence-corrected chi connectivity index (χ3v) is 5.72. The van der Waals surface area contributed by atoms with Crippen LogP contribution in [0.3, 0.4) is 0 Å². The number of rotatable bonds is 7. The summed E-state index contributed by atoms with van der Waals surface area (Å²) in [6, 6.07) is 4.10. The zero-order chi connectivity index (χ0) is 20.3. The summed E-state index contributed by atoms with van der Waals surface area (Å²) < 4.78 is 0.0825. The van der Waals surface area contributed by atoms with Gasteiger partial charge in [-0.3, -0.25) is 4.79 Å². The molecule has 1 atom stereocenters. The molecule has 0 aliphatic rings. The Labute approximate surface area is 167 Å². The lowest BCUT2D eigenvalue weighted by Gasteiger charge is -2.45. The summed E-state index contributed by atoms with van der Waals surface area (Å²) in [5.74, 6) is 1.67. The molecule has 0 spiro atoms. The maximum atomic E-state index is 12.5. The largest absolute Gasteiger partial charge is 0.481 e. The van der Waals surface area contributed by atoms with Gasteiger partial charge in [0.1, 0.15) is 4.49 Å². The highest BCUT2D eigenvalue weighted by Crippen LogP contribution is 2.50. The van der Waals surface area contributed by atoms with Gasteiger partial charge in [-0.15, -0.1) is 12.3 Å². The molecule has 0 heterocycles. The molecule has 0 aromatic heterocycles. The molecule has 142 valence electrons. The van der Waals surface area contributed by atoms with E-state index in [4.69, 9.17) is 29.6 Å². The van der Waals surface area contributed by atoms with Crippen LogP contribution in [0.2, 0.25) is 0 Å². The van der Waals surface area contributed by atoms with Crippen molar-refractivity contribution in [3.05, 3.63) is 45.0 Å². The Morgan fingerprint density at radius 3 is 2.12 bits per heavy atom. The molecule has 0 fully saturated rings. The first kappa shape index (κ1) is 22.6. The number of aliphatic carboxylic acids is 1. The van der Waals surface area contributed by atoms with Crippen LogP contribution in [0, 0.1) is 42.9 Å². The van der Waals surface area contributed by atoms with E-state index in [9.17, 15) is 9.90 Å². The Morgan fingerprint density at radius 2 is 1.77 bits per heavy atom. The molecule has 0 saturated heterocycles. The number of carbonyl (C=O) groups is 1. The number of allylic oxidation sites excluding steroid dienone is 1. The Balaban J connectivity index is 3.62. The number of hydrogen-bond acceptors (Lipinski definition) is 1. The van der Waals surface area contributed by atoms with Crippen molar-refractivity contribution in [1.82, 2.24) is 0 Å². The topological polar surface area (TPSA) is 37.3 Å². The van der Waals surface area contributed by atoms with Crippen molar-refractivity contribution in [3.8, 4) is 12.3 Å². The zero-order valence-electron chi connectivity index (χ0n) is 16.4. The lowest BCUT2D eigenvalue weighted by Crippen LogP contribution is -2.49. The first-order valence-electron chi connectivity index (χ1n) is 8.68. The van der Waals surface area contributed by atoms with Crippen molar-refractivity contribution in [2.24, 2.45) is 16.7 Å². The summed E-state index contributed by atoms with van der Waals surface area (Å²) in [6.07, 6.45) is 8.01. The van der Waals surface area contributed by atoms with Gasteiger partial charge in [0.05, 0.1) is 5.41 Å². The lowest BCUT2D eigenvalue weighted by molar-refractivity contribution is -0.159. The van der Waals surface area contributed by atoms with Gasteiger partial charge in [0.2, 0.25) is 0 Å². The van der Waals surface area contributed by atoms with Crippen molar-refractivity contribution < 1.29 is 9.90 Å². The molecule has 1 aromatic rings. The van der Waals surface area contributed by atoms with E-state index in [-0.39, 0.29) is 10.4 Å². The average molecular weight is 395 g/mol. The van der Waals surface area contributed by atoms with Gasteiger partial charge in [-0.25, -0.2) is 0 Å². The van der Waals surface area contributed by atoms with Crippen LogP contribution in [-0.2, 0) is 17.6 Å². The highest BCUT2D eigenvalue weighted by atomic mass is 35.5. The number of halogens is 2. The number of terminal acetylenes is 1. The fourth-order valence-corrected chi connectivity index (χ4v) is 4.58. The standard InChI is InChI=1S/C22H28Cl2O2/c1-8-9-17-10-15(4)18(16(5)11-17)12-22(14(2)3,20(25)26)21(6,7)13-19(23)24/h1,10-11,13-14H,9,12H2,2-7H3,(H,25,26). The minimum atomic E-state index is -1.06. The van der Waals surface area contributed by atoms with Crippen molar-refractivity contribution in [2.75, 3.05) is 0 Å². The Kier molecular flexibility index (Phi) is 7.40. The highest BCUT2D eigenvalue weighted by Gasteiger charge is 2.53. The molecule has 26 heavy (non-hydrogen) atoms. The number of aryl methyl sites for hydroxylation is 2. The van der Waals surface area contributed by atoms with Gasteiger partial charge in [0, 0.05) is 11.8 Å². The van der Waals surface area contributed by atoms with Gasteiger partial charge in [-0.1, -0.05) is 63.0 Å². The second kappa shape index (κ2) is 8.51. The fraction of sp³-hybridized carbons (Fsp3) is 0.500. The normalized spacial score (nSPS) is 13.8. The van der Waals surface area contributed by atoms with E-state index >= 15 is 0 Å². The van der Waals surface area contributed by atoms with Gasteiger partial charge in [0.15, 0.2) is 0 Å². The highest BCUT2D eigenvalue weighted by molar-refractivity contribution is 6.55. The van der Waals surface area contributed by atoms with Crippen LogP contribution >= 0.6 is 23.2 Å². The van der Waals surface area contributed by atoms with Gasteiger partial charge < -0.3 is 5.11 Å². The van der Waals surface area contributed by atoms with Crippen LogP contribution < -0.4 is 0 Å². The smallest absolute Gasteiger partial charge is 0.311 e. The predicted molar refractivity (Wildman–Crippen MR) is 111 cm³/mol. The van der Waals surface area contributed by atoms with Crippen LogP contribution in [0.25, 0.3) is 0 Å². The third-order valence-electron chi connectivity index (χ3n) is 5.50. The van der Waals surface area contributed by atoms with Crippen molar-refractivity contribution >= 4 is 29.2 Å². The van der Waals surface area contributed by atoms with E-state index in [1.165, 1.54) is 0 Å². The number of hydrogen-bond donors (Lipinski definition) is 1. The summed E-state index contributed by atoms with van der Waals surface area (Å²) in [5, 5.41) is 10.3. The first-order valence-corrected chi connectivity index (χ1v) is 9.44. The second-order valence-electron chi connectivity index (χ2n) is 7.85. The minimum Gasteiger partial charge on any atom is -0.481 e. The van der Waals surface area contributed by atoms with E-state index in [1.807, 2.05) is 53.7 Å². The van der Waals surface area contributed by atoms with Crippen molar-refractivity contribution in [3.63, 3.8) is 0 Å². The van der Waals surface area contributed by atoms with Crippen LogP contribution in [0.15, 0.2) is 22.7 Å². The van der Waals surface area contributed by atoms with Crippen LogP contribution in [0.4, 0.5) is 0 Å².